The van der Waals surface area contributed by atoms with Gasteiger partial charge in [-0.3, -0.25) is 0 Å². The first-order chi connectivity index (χ1) is 8.99. The van der Waals surface area contributed by atoms with Crippen LogP contribution in [0, 0.1) is 5.92 Å². The van der Waals surface area contributed by atoms with Gasteiger partial charge in [0.1, 0.15) is 0 Å². The molecule has 0 spiro atoms. The molecule has 4 N–H and O–H groups in total. The molecular weight excluding hydrogens is 466 g/mol. The number of hydrogen-bond acceptors (Lipinski definition) is 2. The SMILES string of the molecule is CC1=CC[N-]C(N)=C1.CC1CC[N-]C(N)C1.[Cl][Pt+2][Cl]. The van der Waals surface area contributed by atoms with E-state index in [0.29, 0.717) is 5.82 Å². The zero-order valence-electron chi connectivity index (χ0n) is 11.3. The summed E-state index contributed by atoms with van der Waals surface area (Å²) in [5, 5.41) is 8.10. The summed E-state index contributed by atoms with van der Waals surface area (Å²) >= 11 is -0.472. The van der Waals surface area contributed by atoms with E-state index in [0.717, 1.165) is 25.4 Å². The molecule has 0 bridgehead atoms. The van der Waals surface area contributed by atoms with Crippen molar-refractivity contribution in [1.82, 2.24) is 0 Å². The quantitative estimate of drug-likeness (QED) is 0.547. The minimum absolute atomic E-state index is 0.138. The molecule has 4 nitrogen and oxygen atoms in total. The molecule has 2 unspecified atom stereocenters. The minimum atomic E-state index is -0.472. The van der Waals surface area contributed by atoms with Crippen LogP contribution in [0.4, 0.5) is 0 Å². The van der Waals surface area contributed by atoms with Crippen LogP contribution in [0.3, 0.4) is 0 Å². The maximum atomic E-state index is 5.56. The maximum absolute atomic E-state index is 5.56. The normalized spacial score (nSPS) is 25.7. The van der Waals surface area contributed by atoms with Crippen LogP contribution in [-0.4, -0.2) is 19.3 Å². The van der Waals surface area contributed by atoms with E-state index in [1.54, 1.807) is 0 Å². The van der Waals surface area contributed by atoms with E-state index < -0.39 is 16.5 Å². The first-order valence-corrected chi connectivity index (χ1v) is 11.7. The van der Waals surface area contributed by atoms with Crippen LogP contribution >= 0.6 is 18.8 Å². The topological polar surface area (TPSA) is 80.2 Å². The van der Waals surface area contributed by atoms with Gasteiger partial charge in [0, 0.05) is 0 Å². The summed E-state index contributed by atoms with van der Waals surface area (Å²) in [6.07, 6.45) is 6.35. The molecule has 2 rings (SSSR count). The summed E-state index contributed by atoms with van der Waals surface area (Å²) in [4.78, 5) is 0. The predicted octanol–water partition coefficient (Wildman–Crippen LogP) is 3.57. The molecule has 0 aromatic carbocycles. The first kappa shape index (κ1) is 19.3. The van der Waals surface area contributed by atoms with Gasteiger partial charge in [-0.25, -0.2) is 0 Å². The number of hydrogen-bond donors (Lipinski definition) is 2. The van der Waals surface area contributed by atoms with Crippen molar-refractivity contribution in [1.29, 1.82) is 0 Å². The molecule has 0 saturated carbocycles. The van der Waals surface area contributed by atoms with Crippen molar-refractivity contribution in [2.24, 2.45) is 17.4 Å². The molecular formula is C12H22Cl2N4Pt. The van der Waals surface area contributed by atoms with Crippen molar-refractivity contribution >= 4 is 18.8 Å². The van der Waals surface area contributed by atoms with Crippen molar-refractivity contribution in [3.05, 3.63) is 34.2 Å². The molecule has 114 valence electrons. The second kappa shape index (κ2) is 12.0. The van der Waals surface area contributed by atoms with Crippen LogP contribution < -0.4 is 11.5 Å². The average Bonchev–Trinajstić information content (AvgIpc) is 2.30. The van der Waals surface area contributed by atoms with Crippen LogP contribution in [0.15, 0.2) is 23.5 Å². The molecule has 0 aromatic heterocycles. The molecule has 2 heterocycles. The molecule has 2 aliphatic heterocycles. The van der Waals surface area contributed by atoms with Gasteiger partial charge < -0.3 is 22.1 Å². The second-order valence-electron chi connectivity index (χ2n) is 4.51. The van der Waals surface area contributed by atoms with Crippen LogP contribution in [-0.2, 0) is 16.5 Å². The van der Waals surface area contributed by atoms with Crippen LogP contribution in [0.25, 0.3) is 10.6 Å². The fourth-order valence-corrected chi connectivity index (χ4v) is 1.70. The van der Waals surface area contributed by atoms with Gasteiger partial charge in [-0.1, -0.05) is 49.5 Å². The van der Waals surface area contributed by atoms with Crippen LogP contribution in [0.1, 0.15) is 26.7 Å². The fourth-order valence-electron chi connectivity index (χ4n) is 1.70. The monoisotopic (exact) mass is 487 g/mol. The van der Waals surface area contributed by atoms with Crippen molar-refractivity contribution in [3.63, 3.8) is 0 Å². The first-order valence-electron chi connectivity index (χ1n) is 6.05. The Hall–Kier alpha value is 0.268. The van der Waals surface area contributed by atoms with Gasteiger partial charge in [0.2, 0.25) is 0 Å². The Balaban J connectivity index is 0.000000284. The molecule has 19 heavy (non-hydrogen) atoms. The molecule has 2 atom stereocenters. The third-order valence-corrected chi connectivity index (χ3v) is 2.69. The predicted molar refractivity (Wildman–Crippen MR) is 80.6 cm³/mol. The molecule has 2 aliphatic rings. The Bertz CT molecular complexity index is 289. The van der Waals surface area contributed by atoms with Gasteiger partial charge in [-0.2, -0.15) is 0 Å². The van der Waals surface area contributed by atoms with E-state index in [9.17, 15) is 0 Å². The van der Waals surface area contributed by atoms with Crippen molar-refractivity contribution in [2.45, 2.75) is 32.9 Å². The molecule has 1 fully saturated rings. The zero-order chi connectivity index (χ0) is 14.7. The van der Waals surface area contributed by atoms with E-state index in [1.807, 2.05) is 19.1 Å². The van der Waals surface area contributed by atoms with Gasteiger partial charge >= 0.3 is 35.3 Å². The summed E-state index contributed by atoms with van der Waals surface area (Å²) in [6.45, 7) is 5.96. The third kappa shape index (κ3) is 11.8. The summed E-state index contributed by atoms with van der Waals surface area (Å²) in [5.74, 6) is 1.44. The number of nitrogens with two attached hydrogens (primary N) is 2. The van der Waals surface area contributed by atoms with E-state index >= 15 is 0 Å². The second-order valence-corrected chi connectivity index (χ2v) is 7.79. The molecule has 7 heteroatoms. The van der Waals surface area contributed by atoms with E-state index in [-0.39, 0.29) is 6.17 Å². The molecule has 1 saturated heterocycles. The van der Waals surface area contributed by atoms with Gasteiger partial charge in [0.05, 0.1) is 0 Å². The number of nitrogens with zero attached hydrogens (tertiary/aromatic N) is 2. The van der Waals surface area contributed by atoms with Crippen LogP contribution in [0.5, 0.6) is 0 Å². The summed E-state index contributed by atoms with van der Waals surface area (Å²) in [5.41, 5.74) is 12.1. The Morgan fingerprint density at radius 2 is 2.05 bits per heavy atom. The van der Waals surface area contributed by atoms with Gasteiger partial charge in [-0.15, -0.1) is 6.54 Å². The van der Waals surface area contributed by atoms with E-state index in [2.05, 4.69) is 17.6 Å². The van der Waals surface area contributed by atoms with Crippen molar-refractivity contribution in [3.8, 4) is 0 Å². The van der Waals surface area contributed by atoms with E-state index in [1.165, 1.54) is 12.0 Å². The molecule has 0 aromatic rings. The summed E-state index contributed by atoms with van der Waals surface area (Å²) in [7, 11) is 9.75. The standard InChI is InChI=1S/C6H13N2.C6H9N2.2ClH.Pt/c2*1-5-2-3-8-6(7)4-5;;;/h5-6H,2-4,7H2,1H3;2,4H,3,7H2,1H3;2*1H;/q2*-1;;;+4/p-2. The molecule has 0 aliphatic carbocycles. The Labute approximate surface area is 132 Å². The Morgan fingerprint density at radius 1 is 1.42 bits per heavy atom. The summed E-state index contributed by atoms with van der Waals surface area (Å²) < 4.78 is 0. The molecule has 0 amide bonds. The number of rotatable bonds is 0. The average molecular weight is 488 g/mol. The zero-order valence-corrected chi connectivity index (χ0v) is 15.0. The Kier molecular flexibility index (Phi) is 12.2. The van der Waals surface area contributed by atoms with Gasteiger partial charge in [0.25, 0.3) is 0 Å². The number of piperidine rings is 1. The van der Waals surface area contributed by atoms with Crippen molar-refractivity contribution in [2.75, 3.05) is 13.1 Å². The Morgan fingerprint density at radius 3 is 2.37 bits per heavy atom. The van der Waals surface area contributed by atoms with Gasteiger partial charge in [-0.05, 0) is 19.4 Å². The summed E-state index contributed by atoms with van der Waals surface area (Å²) in [6, 6.07) is 0. The number of halogens is 2. The van der Waals surface area contributed by atoms with Crippen molar-refractivity contribution < 1.29 is 16.5 Å². The van der Waals surface area contributed by atoms with Gasteiger partial charge in [0.15, 0.2) is 0 Å². The fraction of sp³-hybridized carbons (Fsp3) is 0.667. The number of allylic oxidation sites excluding steroid dienone is 2. The van der Waals surface area contributed by atoms with Crippen LogP contribution in [0.2, 0.25) is 0 Å². The van der Waals surface area contributed by atoms with E-state index in [4.69, 9.17) is 30.3 Å². The molecule has 0 radical (unpaired) electrons. The third-order valence-electron chi connectivity index (χ3n) is 2.69.